The molecule has 1 aromatic heterocycles. The predicted octanol–water partition coefficient (Wildman–Crippen LogP) is 4.77. The number of rotatable bonds is 15. The molecule has 43 heavy (non-hydrogen) atoms. The largest absolute Gasteiger partial charge is 0.493 e. The third kappa shape index (κ3) is 7.48. The summed E-state index contributed by atoms with van der Waals surface area (Å²) < 4.78 is 32.5. The number of hydrogen-bond donors (Lipinski definition) is 4. The van der Waals surface area contributed by atoms with Gasteiger partial charge in [0.2, 0.25) is 17.7 Å². The van der Waals surface area contributed by atoms with E-state index in [0.29, 0.717) is 54.1 Å². The summed E-state index contributed by atoms with van der Waals surface area (Å²) in [6, 6.07) is 9.40. The summed E-state index contributed by atoms with van der Waals surface area (Å²) in [5, 5.41) is 8.96. The van der Waals surface area contributed by atoms with Crippen LogP contribution in [0.2, 0.25) is 0 Å². The van der Waals surface area contributed by atoms with Gasteiger partial charge in [0.05, 0.1) is 25.0 Å². The normalized spacial score (nSPS) is 15.0. The molecule has 2 aliphatic carbocycles. The fourth-order valence-electron chi connectivity index (χ4n) is 4.62. The number of pyridine rings is 1. The number of unbranched alkanes of at least 4 members (excludes halogenated alkanes) is 2. The topological polar surface area (TPSA) is 128 Å². The second-order valence-corrected chi connectivity index (χ2v) is 11.1. The molecule has 5 rings (SSSR count). The number of benzene rings is 2. The molecule has 228 valence electrons. The first kappa shape index (κ1) is 30.4. The minimum atomic E-state index is -1.07. The average Bonchev–Trinajstić information content (AvgIpc) is 3.93. The molecule has 0 atom stereocenters. The molecule has 1 heterocycles. The number of ether oxygens (including phenoxy) is 3. The number of methoxy groups -OCH3 is 1. The highest BCUT2D eigenvalue weighted by atomic mass is 32.1. The number of carbonyl (C=O) groups excluding carboxylic acids is 3. The van der Waals surface area contributed by atoms with Gasteiger partial charge in [-0.25, -0.2) is 4.39 Å². The van der Waals surface area contributed by atoms with E-state index >= 15 is 4.39 Å². The number of nitrogens with zero attached hydrogens (tertiary/aromatic N) is 1. The molecule has 2 aliphatic rings. The second-order valence-electron chi connectivity index (χ2n) is 10.8. The number of anilines is 1. The summed E-state index contributed by atoms with van der Waals surface area (Å²) in [6.07, 6.45) is 6.89. The van der Waals surface area contributed by atoms with Crippen LogP contribution >= 0.6 is 12.6 Å². The third-order valence-electron chi connectivity index (χ3n) is 7.47. The Bertz CT molecular complexity index is 1510. The third-order valence-corrected chi connectivity index (χ3v) is 7.76. The molecule has 2 aromatic carbocycles. The van der Waals surface area contributed by atoms with Crippen molar-refractivity contribution in [3.8, 4) is 23.0 Å². The van der Waals surface area contributed by atoms with Crippen molar-refractivity contribution >= 4 is 46.9 Å². The van der Waals surface area contributed by atoms with Gasteiger partial charge < -0.3 is 30.2 Å². The molecule has 0 aliphatic heterocycles. The first-order valence-electron chi connectivity index (χ1n) is 14.4. The highest BCUT2D eigenvalue weighted by Gasteiger charge is 2.57. The molecule has 3 aromatic rings. The zero-order chi connectivity index (χ0) is 30.4. The number of carbonyl (C=O) groups is 3. The van der Waals surface area contributed by atoms with Crippen LogP contribution in [0.3, 0.4) is 0 Å². The molecule has 0 bridgehead atoms. The van der Waals surface area contributed by atoms with Gasteiger partial charge >= 0.3 is 0 Å². The molecule has 0 saturated heterocycles. The molecule has 12 heteroatoms. The van der Waals surface area contributed by atoms with Crippen molar-refractivity contribution < 1.29 is 33.0 Å². The van der Waals surface area contributed by atoms with Gasteiger partial charge in [-0.15, -0.1) is 0 Å². The van der Waals surface area contributed by atoms with Crippen LogP contribution in [0.1, 0.15) is 44.9 Å². The van der Waals surface area contributed by atoms with E-state index in [0.717, 1.165) is 32.1 Å². The van der Waals surface area contributed by atoms with Crippen molar-refractivity contribution in [3.63, 3.8) is 0 Å². The first-order valence-corrected chi connectivity index (χ1v) is 15.0. The number of thiol groups is 1. The Morgan fingerprint density at radius 1 is 1.00 bits per heavy atom. The van der Waals surface area contributed by atoms with Crippen LogP contribution in [0, 0.1) is 11.2 Å². The maximum Gasteiger partial charge on any atom is 0.240 e. The van der Waals surface area contributed by atoms with E-state index in [4.69, 9.17) is 14.2 Å². The number of amides is 3. The number of nitrogens with one attached hydrogen (secondary N) is 3. The minimum absolute atomic E-state index is 0.0389. The van der Waals surface area contributed by atoms with Crippen LogP contribution in [0.25, 0.3) is 10.9 Å². The fourth-order valence-corrected chi connectivity index (χ4v) is 4.74. The highest BCUT2D eigenvalue weighted by Crippen LogP contribution is 2.47. The van der Waals surface area contributed by atoms with Crippen molar-refractivity contribution in [1.29, 1.82) is 0 Å². The maximum atomic E-state index is 15.1. The monoisotopic (exact) mass is 610 g/mol. The minimum Gasteiger partial charge on any atom is -0.493 e. The summed E-state index contributed by atoms with van der Waals surface area (Å²) in [5.74, 6) is 0.0540. The van der Waals surface area contributed by atoms with E-state index in [9.17, 15) is 14.4 Å². The van der Waals surface area contributed by atoms with Crippen LogP contribution < -0.4 is 30.2 Å². The van der Waals surface area contributed by atoms with E-state index in [-0.39, 0.29) is 35.0 Å². The van der Waals surface area contributed by atoms with E-state index in [1.807, 2.05) is 0 Å². The van der Waals surface area contributed by atoms with Crippen molar-refractivity contribution in [1.82, 2.24) is 15.6 Å². The average molecular weight is 611 g/mol. The van der Waals surface area contributed by atoms with Crippen LogP contribution in [0.15, 0.2) is 42.6 Å². The second kappa shape index (κ2) is 13.5. The molecule has 0 unspecified atom stereocenters. The summed E-state index contributed by atoms with van der Waals surface area (Å²) in [6.45, 7) is 1.06. The number of hydrogen-bond acceptors (Lipinski definition) is 8. The van der Waals surface area contributed by atoms with Crippen molar-refractivity contribution in [2.45, 2.75) is 51.0 Å². The number of aromatic nitrogens is 1. The maximum absolute atomic E-state index is 15.1. The van der Waals surface area contributed by atoms with Gasteiger partial charge in [-0.1, -0.05) is 0 Å². The number of fused-ring (bicyclic) bond motifs is 1. The predicted molar refractivity (Wildman–Crippen MR) is 162 cm³/mol. The van der Waals surface area contributed by atoms with Gasteiger partial charge in [0.15, 0.2) is 23.1 Å². The van der Waals surface area contributed by atoms with E-state index < -0.39 is 17.1 Å². The number of halogens is 1. The molecule has 10 nitrogen and oxygen atoms in total. The Labute approximate surface area is 254 Å². The van der Waals surface area contributed by atoms with Crippen molar-refractivity contribution in [3.05, 3.63) is 48.4 Å². The molecule has 0 spiro atoms. The SMILES string of the molecule is COc1cc2c(Oc3ccc(NC(=O)C4(C(=O)NC5CC5)CC4)cc3F)ccnc2cc1OCCCCCNC(=O)CS. The van der Waals surface area contributed by atoms with Gasteiger partial charge in [-0.2, -0.15) is 12.6 Å². The van der Waals surface area contributed by atoms with Gasteiger partial charge in [0, 0.05) is 42.0 Å². The van der Waals surface area contributed by atoms with E-state index in [1.165, 1.54) is 25.3 Å². The van der Waals surface area contributed by atoms with Crippen molar-refractivity contribution in [2.75, 3.05) is 31.3 Å². The molecule has 0 radical (unpaired) electrons. The standard InChI is InChI=1S/C31H35FN4O6S/c1-40-26-16-21-23(17-27(26)41-14-4-2-3-12-34-28(37)18-43)33-13-9-24(21)42-25-8-7-20(15-22(25)32)36-30(39)31(10-11-31)29(38)35-19-5-6-19/h7-9,13,15-17,19,43H,2-6,10-12,14,18H2,1H3,(H,34,37)(H,35,38)(H,36,39). The van der Waals surface area contributed by atoms with Gasteiger partial charge in [-0.05, 0) is 69.2 Å². The molecular weight excluding hydrogens is 575 g/mol. The molecule has 3 N–H and O–H groups in total. The van der Waals surface area contributed by atoms with Gasteiger partial charge in [0.25, 0.3) is 0 Å². The Kier molecular flexibility index (Phi) is 9.54. The molecule has 2 fully saturated rings. The smallest absolute Gasteiger partial charge is 0.240 e. The molecular formula is C31H35FN4O6S. The summed E-state index contributed by atoms with van der Waals surface area (Å²) in [5.41, 5.74) is -0.256. The fraction of sp³-hybridized carbons (Fsp3) is 0.419. The molecule has 2 saturated carbocycles. The van der Waals surface area contributed by atoms with Gasteiger partial charge in [0.1, 0.15) is 11.2 Å². The zero-order valence-electron chi connectivity index (χ0n) is 23.9. The lowest BCUT2D eigenvalue weighted by atomic mass is 10.0. The van der Waals surface area contributed by atoms with Crippen molar-refractivity contribution in [2.24, 2.45) is 5.41 Å². The Hall–Kier alpha value is -4.06. The lowest BCUT2D eigenvalue weighted by Gasteiger charge is -2.16. The van der Waals surface area contributed by atoms with Crippen LogP contribution in [0.5, 0.6) is 23.0 Å². The first-order chi connectivity index (χ1) is 20.8. The van der Waals surface area contributed by atoms with Crippen LogP contribution in [-0.4, -0.2) is 54.8 Å². The van der Waals surface area contributed by atoms with Gasteiger partial charge in [-0.3, -0.25) is 19.4 Å². The highest BCUT2D eigenvalue weighted by molar-refractivity contribution is 7.81. The summed E-state index contributed by atoms with van der Waals surface area (Å²) >= 11 is 3.93. The summed E-state index contributed by atoms with van der Waals surface area (Å²) in [4.78, 5) is 41.0. The summed E-state index contributed by atoms with van der Waals surface area (Å²) in [7, 11) is 1.53. The zero-order valence-corrected chi connectivity index (χ0v) is 24.8. The quantitative estimate of drug-likeness (QED) is 0.111. The van der Waals surface area contributed by atoms with E-state index in [2.05, 4.69) is 33.6 Å². The molecule has 3 amide bonds. The Balaban J connectivity index is 1.21. The van der Waals surface area contributed by atoms with Crippen LogP contribution in [0.4, 0.5) is 10.1 Å². The Morgan fingerprint density at radius 3 is 2.51 bits per heavy atom. The van der Waals surface area contributed by atoms with E-state index in [1.54, 1.807) is 24.4 Å². The Morgan fingerprint density at radius 2 is 1.81 bits per heavy atom. The lowest BCUT2D eigenvalue weighted by Crippen LogP contribution is -2.40. The lowest BCUT2D eigenvalue weighted by molar-refractivity contribution is -0.134. The van der Waals surface area contributed by atoms with Crippen LogP contribution in [-0.2, 0) is 14.4 Å².